The van der Waals surface area contributed by atoms with Crippen LogP contribution in [-0.2, 0) is 9.53 Å². The third-order valence-electron chi connectivity index (χ3n) is 5.97. The highest BCUT2D eigenvalue weighted by molar-refractivity contribution is 5.84. The summed E-state index contributed by atoms with van der Waals surface area (Å²) in [5, 5.41) is 10.3. The zero-order valence-electron chi connectivity index (χ0n) is 11.2. The molecule has 1 N–H and O–H groups in total. The van der Waals surface area contributed by atoms with Crippen molar-refractivity contribution in [2.24, 2.45) is 29.6 Å². The highest BCUT2D eigenvalue weighted by Gasteiger charge is 2.78. The standard InChI is InChI=1S/C14H21NO3/c1-4-15-13(17)9-7-5-8-10(9)14(15,6(2)3)18-12(8)11(7)16/h6-12,16H,4-5H2,1-3H3/t7-,8-,9-,10+,11-,12+,14-/m1/s1. The van der Waals surface area contributed by atoms with Gasteiger partial charge >= 0.3 is 0 Å². The van der Waals surface area contributed by atoms with Crippen LogP contribution in [0.25, 0.3) is 0 Å². The summed E-state index contributed by atoms with van der Waals surface area (Å²) in [4.78, 5) is 14.6. The van der Waals surface area contributed by atoms with Crippen molar-refractivity contribution in [2.45, 2.75) is 45.1 Å². The molecule has 100 valence electrons. The molecular weight excluding hydrogens is 230 g/mol. The van der Waals surface area contributed by atoms with E-state index < -0.39 is 11.8 Å². The van der Waals surface area contributed by atoms with E-state index in [0.717, 1.165) is 6.42 Å². The molecule has 0 aromatic rings. The molecule has 4 heteroatoms. The Morgan fingerprint density at radius 1 is 1.50 bits per heavy atom. The van der Waals surface area contributed by atoms with E-state index in [1.165, 1.54) is 0 Å². The summed E-state index contributed by atoms with van der Waals surface area (Å²) in [5.41, 5.74) is -0.432. The minimum absolute atomic E-state index is 0.0195. The number of amides is 1. The summed E-state index contributed by atoms with van der Waals surface area (Å²) in [6.07, 6.45) is 0.541. The fraction of sp³-hybridized carbons (Fsp3) is 0.929. The molecule has 4 fully saturated rings. The largest absolute Gasteiger partial charge is 0.390 e. The van der Waals surface area contributed by atoms with E-state index in [1.54, 1.807) is 0 Å². The number of fused-ring (bicyclic) bond motifs is 2. The Morgan fingerprint density at radius 2 is 2.22 bits per heavy atom. The zero-order valence-corrected chi connectivity index (χ0v) is 11.2. The summed E-state index contributed by atoms with van der Waals surface area (Å²) in [6, 6.07) is 0. The van der Waals surface area contributed by atoms with Gasteiger partial charge in [0.15, 0.2) is 0 Å². The van der Waals surface area contributed by atoms with Crippen LogP contribution in [0.4, 0.5) is 0 Å². The lowest BCUT2D eigenvalue weighted by Crippen LogP contribution is -2.54. The Hall–Kier alpha value is -0.610. The van der Waals surface area contributed by atoms with Gasteiger partial charge in [0.05, 0.1) is 18.1 Å². The first-order valence-electron chi connectivity index (χ1n) is 7.21. The number of ether oxygens (including phenoxy) is 1. The highest BCUT2D eigenvalue weighted by atomic mass is 16.6. The molecule has 2 aliphatic carbocycles. The molecule has 2 saturated heterocycles. The average Bonchev–Trinajstić information content (AvgIpc) is 2.95. The molecule has 4 aliphatic rings. The van der Waals surface area contributed by atoms with Crippen LogP contribution in [0, 0.1) is 29.6 Å². The maximum absolute atomic E-state index is 12.6. The van der Waals surface area contributed by atoms with Crippen LogP contribution in [0.3, 0.4) is 0 Å². The first-order valence-corrected chi connectivity index (χ1v) is 7.21. The summed E-state index contributed by atoms with van der Waals surface area (Å²) >= 11 is 0. The summed E-state index contributed by atoms with van der Waals surface area (Å²) in [5.74, 6) is 1.40. The Balaban J connectivity index is 1.89. The van der Waals surface area contributed by atoms with Crippen LogP contribution < -0.4 is 0 Å². The maximum Gasteiger partial charge on any atom is 0.228 e. The number of likely N-dealkylation sites (tertiary alicyclic amines) is 1. The van der Waals surface area contributed by atoms with Crippen molar-refractivity contribution in [3.63, 3.8) is 0 Å². The van der Waals surface area contributed by atoms with Crippen molar-refractivity contribution in [3.05, 3.63) is 0 Å². The minimum Gasteiger partial charge on any atom is -0.390 e. The van der Waals surface area contributed by atoms with Gasteiger partial charge in [0, 0.05) is 18.4 Å². The molecule has 7 atom stereocenters. The van der Waals surface area contributed by atoms with E-state index in [9.17, 15) is 9.90 Å². The van der Waals surface area contributed by atoms with Gasteiger partial charge in [-0.05, 0) is 25.2 Å². The smallest absolute Gasteiger partial charge is 0.228 e. The van der Waals surface area contributed by atoms with Crippen molar-refractivity contribution < 1.29 is 14.6 Å². The van der Waals surface area contributed by atoms with Crippen LogP contribution in [0.2, 0.25) is 0 Å². The predicted octanol–water partition coefficient (Wildman–Crippen LogP) is 0.843. The third kappa shape index (κ3) is 0.874. The first-order chi connectivity index (χ1) is 8.54. The van der Waals surface area contributed by atoms with Crippen LogP contribution in [-0.4, -0.2) is 40.4 Å². The van der Waals surface area contributed by atoms with Gasteiger partial charge in [-0.15, -0.1) is 0 Å². The molecule has 0 aromatic carbocycles. The number of hydrogen-bond donors (Lipinski definition) is 1. The van der Waals surface area contributed by atoms with Crippen LogP contribution >= 0.6 is 0 Å². The monoisotopic (exact) mass is 251 g/mol. The summed E-state index contributed by atoms with van der Waals surface area (Å²) < 4.78 is 6.32. The highest BCUT2D eigenvalue weighted by Crippen LogP contribution is 2.68. The molecule has 0 radical (unpaired) electrons. The Kier molecular flexibility index (Phi) is 1.93. The van der Waals surface area contributed by atoms with E-state index >= 15 is 0 Å². The number of carbonyl (C=O) groups is 1. The van der Waals surface area contributed by atoms with Gasteiger partial charge in [-0.1, -0.05) is 13.8 Å². The zero-order chi connectivity index (χ0) is 12.8. The SMILES string of the molecule is CCN1C(=O)[C@@H]2[C@H]3C[C@H]4[C@H](O[C@]1(C(C)C)[C@@H]42)[C@@H]3O. The molecule has 18 heavy (non-hydrogen) atoms. The minimum atomic E-state index is -0.432. The van der Waals surface area contributed by atoms with Gasteiger partial charge in [-0.2, -0.15) is 0 Å². The molecule has 2 bridgehead atoms. The van der Waals surface area contributed by atoms with Crippen LogP contribution in [0.5, 0.6) is 0 Å². The fourth-order valence-electron chi connectivity index (χ4n) is 5.51. The van der Waals surface area contributed by atoms with E-state index in [4.69, 9.17) is 4.74 Å². The van der Waals surface area contributed by atoms with Crippen molar-refractivity contribution in [2.75, 3.05) is 6.54 Å². The molecule has 0 unspecified atom stereocenters. The van der Waals surface area contributed by atoms with Crippen molar-refractivity contribution in [1.29, 1.82) is 0 Å². The number of nitrogens with zero attached hydrogens (tertiary/aromatic N) is 1. The van der Waals surface area contributed by atoms with E-state index in [2.05, 4.69) is 13.8 Å². The van der Waals surface area contributed by atoms with Crippen LogP contribution in [0.15, 0.2) is 0 Å². The second-order valence-electron chi connectivity index (χ2n) is 6.68. The molecule has 0 spiro atoms. The van der Waals surface area contributed by atoms with Gasteiger partial charge in [0.2, 0.25) is 5.91 Å². The molecule has 2 aliphatic heterocycles. The second-order valence-corrected chi connectivity index (χ2v) is 6.68. The fourth-order valence-corrected chi connectivity index (χ4v) is 5.51. The second kappa shape index (κ2) is 3.10. The van der Waals surface area contributed by atoms with Crippen LogP contribution in [0.1, 0.15) is 27.2 Å². The Labute approximate surface area is 107 Å². The van der Waals surface area contributed by atoms with E-state index in [-0.39, 0.29) is 29.8 Å². The molecular formula is C14H21NO3. The molecule has 4 rings (SSSR count). The average molecular weight is 251 g/mol. The molecule has 2 saturated carbocycles. The number of aliphatic hydroxyl groups is 1. The number of carbonyl (C=O) groups excluding carboxylic acids is 1. The lowest BCUT2D eigenvalue weighted by molar-refractivity contribution is -0.191. The van der Waals surface area contributed by atoms with Gasteiger partial charge in [-0.3, -0.25) is 4.79 Å². The van der Waals surface area contributed by atoms with Gasteiger partial charge in [-0.25, -0.2) is 0 Å². The first kappa shape index (κ1) is 11.2. The molecule has 1 amide bonds. The molecule has 4 nitrogen and oxygen atoms in total. The van der Waals surface area contributed by atoms with Crippen molar-refractivity contribution >= 4 is 5.91 Å². The number of aliphatic hydroxyl groups excluding tert-OH is 1. The lowest BCUT2D eigenvalue weighted by Gasteiger charge is -2.41. The molecule has 0 aromatic heterocycles. The van der Waals surface area contributed by atoms with Crippen molar-refractivity contribution in [1.82, 2.24) is 4.90 Å². The normalized spacial score (nSPS) is 56.3. The summed E-state index contributed by atoms with van der Waals surface area (Å²) in [7, 11) is 0. The van der Waals surface area contributed by atoms with Gasteiger partial charge in [0.25, 0.3) is 0 Å². The summed E-state index contributed by atoms with van der Waals surface area (Å²) in [6.45, 7) is 7.03. The lowest BCUT2D eigenvalue weighted by atomic mass is 9.74. The van der Waals surface area contributed by atoms with Crippen molar-refractivity contribution in [3.8, 4) is 0 Å². The van der Waals surface area contributed by atoms with Gasteiger partial charge in [0.1, 0.15) is 5.72 Å². The predicted molar refractivity (Wildman–Crippen MR) is 64.4 cm³/mol. The van der Waals surface area contributed by atoms with Gasteiger partial charge < -0.3 is 14.7 Å². The Bertz CT molecular complexity index is 423. The number of rotatable bonds is 2. The Morgan fingerprint density at radius 3 is 2.83 bits per heavy atom. The van der Waals surface area contributed by atoms with E-state index in [1.807, 2.05) is 11.8 Å². The quantitative estimate of drug-likeness (QED) is 0.791. The maximum atomic E-state index is 12.6. The third-order valence-corrected chi connectivity index (χ3v) is 5.97. The topological polar surface area (TPSA) is 49.8 Å². The molecule has 2 heterocycles. The van der Waals surface area contributed by atoms with E-state index in [0.29, 0.717) is 18.4 Å². The number of hydrogen-bond acceptors (Lipinski definition) is 3.